The molecule has 7 heteroatoms. The van der Waals surface area contributed by atoms with Crippen LogP contribution < -0.4 is 4.31 Å². The van der Waals surface area contributed by atoms with Crippen molar-refractivity contribution in [3.05, 3.63) is 39.9 Å². The zero-order chi connectivity index (χ0) is 17.4. The quantitative estimate of drug-likeness (QED) is 0.786. The number of hydrogen-bond donors (Lipinski definition) is 0. The van der Waals surface area contributed by atoms with E-state index >= 15 is 0 Å². The first-order chi connectivity index (χ1) is 10.6. The molecule has 0 spiro atoms. The fourth-order valence-corrected chi connectivity index (χ4v) is 5.28. The third-order valence-electron chi connectivity index (χ3n) is 3.37. The molecule has 0 bridgehead atoms. The number of thiazole rings is 1. The largest absolute Gasteiger partial charge is 0.266 e. The summed E-state index contributed by atoms with van der Waals surface area (Å²) in [4.78, 5) is 5.81. The molecule has 1 aromatic heterocycles. The van der Waals surface area contributed by atoms with Crippen molar-refractivity contribution in [2.75, 3.05) is 10.8 Å². The molecule has 0 radical (unpaired) electrons. The van der Waals surface area contributed by atoms with E-state index in [1.165, 1.54) is 27.8 Å². The zero-order valence-corrected chi connectivity index (χ0v) is 16.3. The third kappa shape index (κ3) is 3.70. The molecule has 23 heavy (non-hydrogen) atoms. The highest BCUT2D eigenvalue weighted by Gasteiger charge is 2.29. The Morgan fingerprint density at radius 1 is 1.22 bits per heavy atom. The highest BCUT2D eigenvalue weighted by atomic mass is 35.5. The SMILES string of the molecule is CCN(c1nc(C)c(C(C)(C)C)s1)S(=O)(=O)c1ccc(Cl)cc1. The average molecular weight is 373 g/mol. The predicted molar refractivity (Wildman–Crippen MR) is 97.2 cm³/mol. The van der Waals surface area contributed by atoms with Crippen molar-refractivity contribution in [3.8, 4) is 0 Å². The van der Waals surface area contributed by atoms with Crippen LogP contribution in [0.3, 0.4) is 0 Å². The van der Waals surface area contributed by atoms with Gasteiger partial charge < -0.3 is 0 Å². The smallest absolute Gasteiger partial charge is 0.241 e. The number of halogens is 1. The molecule has 0 saturated heterocycles. The Hall–Kier alpha value is -1.11. The normalized spacial score (nSPS) is 12.4. The number of aromatic nitrogens is 1. The van der Waals surface area contributed by atoms with Crippen molar-refractivity contribution in [3.63, 3.8) is 0 Å². The van der Waals surface area contributed by atoms with Gasteiger partial charge in [0.15, 0.2) is 5.13 Å². The van der Waals surface area contributed by atoms with E-state index in [1.54, 1.807) is 19.1 Å². The van der Waals surface area contributed by atoms with E-state index in [4.69, 9.17) is 11.6 Å². The van der Waals surface area contributed by atoms with Gasteiger partial charge in [-0.25, -0.2) is 17.7 Å². The van der Waals surface area contributed by atoms with Crippen LogP contribution in [0, 0.1) is 6.92 Å². The van der Waals surface area contributed by atoms with Gasteiger partial charge in [-0.2, -0.15) is 0 Å². The van der Waals surface area contributed by atoms with E-state index in [9.17, 15) is 8.42 Å². The first-order valence-corrected chi connectivity index (χ1v) is 9.97. The molecule has 0 amide bonds. The van der Waals surface area contributed by atoms with Crippen LogP contribution in [0.4, 0.5) is 5.13 Å². The van der Waals surface area contributed by atoms with Crippen LogP contribution in [0.2, 0.25) is 5.02 Å². The van der Waals surface area contributed by atoms with Gasteiger partial charge in [0.25, 0.3) is 10.0 Å². The maximum absolute atomic E-state index is 12.9. The van der Waals surface area contributed by atoms with Crippen molar-refractivity contribution in [2.24, 2.45) is 0 Å². The molecule has 0 aliphatic heterocycles. The summed E-state index contributed by atoms with van der Waals surface area (Å²) in [7, 11) is -3.65. The Balaban J connectivity index is 2.49. The second-order valence-corrected chi connectivity index (χ2v) is 9.56. The molecule has 1 aromatic carbocycles. The van der Waals surface area contributed by atoms with Gasteiger partial charge in [-0.05, 0) is 43.5 Å². The minimum absolute atomic E-state index is 0.0660. The van der Waals surface area contributed by atoms with Gasteiger partial charge in [-0.1, -0.05) is 32.4 Å². The molecule has 1 heterocycles. The van der Waals surface area contributed by atoms with Crippen molar-refractivity contribution >= 4 is 38.1 Å². The Morgan fingerprint density at radius 3 is 2.22 bits per heavy atom. The van der Waals surface area contributed by atoms with E-state index < -0.39 is 10.0 Å². The van der Waals surface area contributed by atoms with E-state index in [2.05, 4.69) is 25.8 Å². The molecular weight excluding hydrogens is 352 g/mol. The summed E-state index contributed by atoms with van der Waals surface area (Å²) in [5.41, 5.74) is 0.811. The van der Waals surface area contributed by atoms with E-state index in [0.29, 0.717) is 16.7 Å². The fraction of sp³-hybridized carbons (Fsp3) is 0.438. The monoisotopic (exact) mass is 372 g/mol. The van der Waals surface area contributed by atoms with E-state index in [0.717, 1.165) is 10.6 Å². The van der Waals surface area contributed by atoms with Crippen LogP contribution in [-0.4, -0.2) is 19.9 Å². The Labute approximate surface area is 147 Å². The second kappa shape index (κ2) is 6.42. The van der Waals surface area contributed by atoms with Gasteiger partial charge in [0, 0.05) is 16.4 Å². The highest BCUT2D eigenvalue weighted by molar-refractivity contribution is 7.93. The van der Waals surface area contributed by atoms with E-state index in [-0.39, 0.29) is 10.3 Å². The fourth-order valence-electron chi connectivity index (χ4n) is 2.33. The highest BCUT2D eigenvalue weighted by Crippen LogP contribution is 2.37. The summed E-state index contributed by atoms with van der Waals surface area (Å²) in [6.07, 6.45) is 0. The second-order valence-electron chi connectivity index (χ2n) is 6.28. The molecule has 0 fully saturated rings. The lowest BCUT2D eigenvalue weighted by Gasteiger charge is -2.20. The minimum atomic E-state index is -3.65. The molecular formula is C16H21ClN2O2S2. The number of benzene rings is 1. The number of sulfonamides is 1. The first kappa shape index (κ1) is 18.2. The molecule has 2 aromatic rings. The van der Waals surface area contributed by atoms with Crippen LogP contribution in [0.15, 0.2) is 29.2 Å². The summed E-state index contributed by atoms with van der Waals surface area (Å²) in [5.74, 6) is 0. The summed E-state index contributed by atoms with van der Waals surface area (Å²) in [5, 5.41) is 1.01. The number of anilines is 1. The maximum Gasteiger partial charge on any atom is 0.266 e. The van der Waals surface area contributed by atoms with Crippen LogP contribution in [-0.2, 0) is 15.4 Å². The van der Waals surface area contributed by atoms with E-state index in [1.807, 2.05) is 6.92 Å². The molecule has 0 aliphatic carbocycles. The van der Waals surface area contributed by atoms with Gasteiger partial charge in [-0.3, -0.25) is 0 Å². The molecule has 0 N–H and O–H groups in total. The Bertz CT molecular complexity index is 790. The summed E-state index contributed by atoms with van der Waals surface area (Å²) >= 11 is 7.28. The van der Waals surface area contributed by atoms with Crippen LogP contribution >= 0.6 is 22.9 Å². The van der Waals surface area contributed by atoms with Crippen LogP contribution in [0.1, 0.15) is 38.3 Å². The van der Waals surface area contributed by atoms with Gasteiger partial charge in [-0.15, -0.1) is 11.3 Å². The van der Waals surface area contributed by atoms with Crippen molar-refractivity contribution in [2.45, 2.75) is 44.9 Å². The number of nitrogens with zero attached hydrogens (tertiary/aromatic N) is 2. The van der Waals surface area contributed by atoms with Crippen LogP contribution in [0.25, 0.3) is 0 Å². The molecule has 126 valence electrons. The third-order valence-corrected chi connectivity index (χ3v) is 7.22. The van der Waals surface area contributed by atoms with Gasteiger partial charge >= 0.3 is 0 Å². The molecule has 0 unspecified atom stereocenters. The summed E-state index contributed by atoms with van der Waals surface area (Å²) in [6.45, 7) is 10.3. The van der Waals surface area contributed by atoms with Gasteiger partial charge in [0.05, 0.1) is 10.6 Å². The van der Waals surface area contributed by atoms with Crippen molar-refractivity contribution in [1.29, 1.82) is 0 Å². The topological polar surface area (TPSA) is 50.3 Å². The zero-order valence-electron chi connectivity index (χ0n) is 13.9. The lowest BCUT2D eigenvalue weighted by atomic mass is 9.94. The van der Waals surface area contributed by atoms with Crippen LogP contribution in [0.5, 0.6) is 0 Å². The van der Waals surface area contributed by atoms with Gasteiger partial charge in [0.2, 0.25) is 0 Å². The number of rotatable bonds is 4. The Morgan fingerprint density at radius 2 is 1.78 bits per heavy atom. The first-order valence-electron chi connectivity index (χ1n) is 7.33. The molecule has 0 saturated carbocycles. The van der Waals surface area contributed by atoms with Gasteiger partial charge in [0.1, 0.15) is 0 Å². The lowest BCUT2D eigenvalue weighted by molar-refractivity contribution is 0.591. The standard InChI is InChI=1S/C16H21ClN2O2S2/c1-6-19(15-18-11(2)14(22-15)16(3,4)5)23(20,21)13-9-7-12(17)8-10-13/h7-10H,6H2,1-5H3. The Kier molecular flexibility index (Phi) is 5.09. The van der Waals surface area contributed by atoms with Crippen molar-refractivity contribution in [1.82, 2.24) is 4.98 Å². The maximum atomic E-state index is 12.9. The number of aryl methyl sites for hydroxylation is 1. The predicted octanol–water partition coefficient (Wildman–Crippen LogP) is 4.62. The lowest BCUT2D eigenvalue weighted by Crippen LogP contribution is -2.30. The number of hydrogen-bond acceptors (Lipinski definition) is 4. The molecule has 4 nitrogen and oxygen atoms in total. The molecule has 0 atom stereocenters. The minimum Gasteiger partial charge on any atom is -0.241 e. The van der Waals surface area contributed by atoms with Crippen molar-refractivity contribution < 1.29 is 8.42 Å². The summed E-state index contributed by atoms with van der Waals surface area (Å²) < 4.78 is 27.1. The molecule has 2 rings (SSSR count). The summed E-state index contributed by atoms with van der Waals surface area (Å²) in [6, 6.07) is 6.20. The average Bonchev–Trinajstić information content (AvgIpc) is 2.81. The molecule has 0 aliphatic rings.